The average molecular weight is 857 g/mol. The highest BCUT2D eigenvalue weighted by molar-refractivity contribution is 7.26. The SMILES string of the molecule is c1ccc2c(-n3c4ccc(-c5ccc6c(c5)c5c7ccccc7ccc5n6-c5cccc6c5sc5ccccc56)cc4c4cc(-c5cccc6c5oc5ccccc56)ccc43)cccc2c1. The summed E-state index contributed by atoms with van der Waals surface area (Å²) in [5, 5.41) is 14.8. The van der Waals surface area contributed by atoms with Crippen molar-refractivity contribution in [2.24, 2.45) is 0 Å². The molecular formula is C62H36N2OS. The molecule has 0 saturated carbocycles. The van der Waals surface area contributed by atoms with Gasteiger partial charge in [-0.1, -0.05) is 152 Å². The molecule has 15 aromatic rings. The van der Waals surface area contributed by atoms with Crippen LogP contribution in [0.25, 0.3) is 141 Å². The van der Waals surface area contributed by atoms with E-state index >= 15 is 0 Å². The first-order chi connectivity index (χ1) is 32.7. The molecule has 0 atom stereocenters. The van der Waals surface area contributed by atoms with Crippen LogP contribution in [-0.2, 0) is 0 Å². The Balaban J connectivity index is 0.985. The minimum atomic E-state index is 0.906. The van der Waals surface area contributed by atoms with Crippen molar-refractivity contribution < 1.29 is 4.42 Å². The molecule has 0 aliphatic rings. The van der Waals surface area contributed by atoms with Crippen molar-refractivity contribution in [3.05, 3.63) is 218 Å². The lowest BCUT2D eigenvalue weighted by Crippen LogP contribution is -1.95. The molecule has 0 spiro atoms. The van der Waals surface area contributed by atoms with E-state index in [1.165, 1.54) is 108 Å². The molecule has 0 N–H and O–H groups in total. The van der Waals surface area contributed by atoms with E-state index in [0.717, 1.165) is 33.1 Å². The number of fused-ring (bicyclic) bond motifs is 15. The lowest BCUT2D eigenvalue weighted by atomic mass is 9.98. The number of hydrogen-bond donors (Lipinski definition) is 0. The fourth-order valence-corrected chi connectivity index (χ4v) is 12.4. The summed E-state index contributed by atoms with van der Waals surface area (Å²) in [6, 6.07) is 80.3. The van der Waals surface area contributed by atoms with Gasteiger partial charge in [-0.3, -0.25) is 0 Å². The number of hydrogen-bond acceptors (Lipinski definition) is 2. The van der Waals surface area contributed by atoms with E-state index in [9.17, 15) is 0 Å². The van der Waals surface area contributed by atoms with E-state index < -0.39 is 0 Å². The van der Waals surface area contributed by atoms with Gasteiger partial charge in [0.25, 0.3) is 0 Å². The van der Waals surface area contributed by atoms with Crippen LogP contribution in [0.2, 0.25) is 0 Å². The molecule has 0 aliphatic heterocycles. The summed E-state index contributed by atoms with van der Waals surface area (Å²) in [5.41, 5.74) is 13.5. The topological polar surface area (TPSA) is 23.0 Å². The zero-order valence-corrected chi connectivity index (χ0v) is 36.3. The molecule has 0 saturated heterocycles. The van der Waals surface area contributed by atoms with Crippen LogP contribution < -0.4 is 0 Å². The number of aromatic nitrogens is 2. The lowest BCUT2D eigenvalue weighted by molar-refractivity contribution is 0.670. The third kappa shape index (κ3) is 5.02. The highest BCUT2D eigenvalue weighted by Crippen LogP contribution is 2.45. The van der Waals surface area contributed by atoms with Crippen molar-refractivity contribution in [1.82, 2.24) is 9.13 Å². The smallest absolute Gasteiger partial charge is 0.143 e. The monoisotopic (exact) mass is 856 g/mol. The second-order valence-electron chi connectivity index (χ2n) is 17.6. The van der Waals surface area contributed by atoms with Crippen LogP contribution in [0, 0.1) is 0 Å². The summed E-state index contributed by atoms with van der Waals surface area (Å²) in [4.78, 5) is 0. The Labute approximate surface area is 382 Å². The quantitative estimate of drug-likeness (QED) is 0.173. The minimum Gasteiger partial charge on any atom is -0.455 e. The van der Waals surface area contributed by atoms with Gasteiger partial charge in [0, 0.05) is 58.7 Å². The van der Waals surface area contributed by atoms with E-state index in [2.05, 4.69) is 221 Å². The highest BCUT2D eigenvalue weighted by Gasteiger charge is 2.21. The second kappa shape index (κ2) is 13.5. The predicted octanol–water partition coefficient (Wildman–Crippen LogP) is 17.8. The van der Waals surface area contributed by atoms with E-state index in [4.69, 9.17) is 4.42 Å². The van der Waals surface area contributed by atoms with Gasteiger partial charge in [0.15, 0.2) is 0 Å². The summed E-state index contributed by atoms with van der Waals surface area (Å²) in [6.07, 6.45) is 0. The van der Waals surface area contributed by atoms with Crippen LogP contribution >= 0.6 is 11.3 Å². The van der Waals surface area contributed by atoms with Crippen LogP contribution in [0.4, 0.5) is 0 Å². The molecule has 306 valence electrons. The molecule has 0 fully saturated rings. The molecule has 11 aromatic carbocycles. The maximum absolute atomic E-state index is 6.59. The Morgan fingerprint density at radius 2 is 0.879 bits per heavy atom. The van der Waals surface area contributed by atoms with Gasteiger partial charge < -0.3 is 13.6 Å². The summed E-state index contributed by atoms with van der Waals surface area (Å²) in [6.45, 7) is 0. The van der Waals surface area contributed by atoms with Crippen molar-refractivity contribution >= 4 is 119 Å². The molecule has 0 unspecified atom stereocenters. The fourth-order valence-electron chi connectivity index (χ4n) is 11.1. The molecule has 0 aliphatic carbocycles. The van der Waals surface area contributed by atoms with E-state index in [1.54, 1.807) is 0 Å². The van der Waals surface area contributed by atoms with Gasteiger partial charge in [0.05, 0.1) is 38.1 Å². The Morgan fingerprint density at radius 1 is 0.333 bits per heavy atom. The molecular weight excluding hydrogens is 821 g/mol. The molecule has 4 heterocycles. The van der Waals surface area contributed by atoms with Crippen molar-refractivity contribution in [3.8, 4) is 33.6 Å². The Morgan fingerprint density at radius 3 is 1.71 bits per heavy atom. The molecule has 4 heteroatoms. The molecule has 0 bridgehead atoms. The zero-order valence-electron chi connectivity index (χ0n) is 35.5. The molecule has 0 amide bonds. The Kier molecular flexibility index (Phi) is 7.38. The normalized spacial score (nSPS) is 12.2. The largest absolute Gasteiger partial charge is 0.455 e. The first-order valence-electron chi connectivity index (χ1n) is 22.6. The van der Waals surface area contributed by atoms with Gasteiger partial charge in [-0.25, -0.2) is 0 Å². The third-order valence-corrected chi connectivity index (χ3v) is 15.3. The van der Waals surface area contributed by atoms with Gasteiger partial charge in [-0.15, -0.1) is 11.3 Å². The van der Waals surface area contributed by atoms with Crippen molar-refractivity contribution in [2.45, 2.75) is 0 Å². The Bertz CT molecular complexity index is 4530. The van der Waals surface area contributed by atoms with Gasteiger partial charge in [-0.2, -0.15) is 0 Å². The standard InChI is InChI=1S/C62H36N2OS/c1-3-15-42-37(12-1)14-9-22-52(42)63-53-30-27-39(34-49(53)50-36-41(29-32-54(50)63)44-19-10-20-47-45-17-5-7-24-58(45)65-61(44)47)40-28-31-55-51(35-40)60-43-16-4-2-13-38(43)26-33-56(60)64(55)57-23-11-21-48-46-18-6-8-25-59(46)66-62(48)57/h1-36H. The van der Waals surface area contributed by atoms with Crippen LogP contribution in [0.5, 0.6) is 0 Å². The van der Waals surface area contributed by atoms with Gasteiger partial charge in [0.1, 0.15) is 11.2 Å². The van der Waals surface area contributed by atoms with Gasteiger partial charge in [-0.05, 0) is 99.6 Å². The summed E-state index contributed by atoms with van der Waals surface area (Å²) in [7, 11) is 0. The minimum absolute atomic E-state index is 0.906. The Hall–Kier alpha value is -8.44. The first kappa shape index (κ1) is 36.0. The van der Waals surface area contributed by atoms with Crippen LogP contribution in [0.1, 0.15) is 0 Å². The first-order valence-corrected chi connectivity index (χ1v) is 23.4. The lowest BCUT2D eigenvalue weighted by Gasteiger charge is -2.12. The summed E-state index contributed by atoms with van der Waals surface area (Å²) >= 11 is 1.88. The number of para-hydroxylation sites is 2. The van der Waals surface area contributed by atoms with Crippen LogP contribution in [0.3, 0.4) is 0 Å². The molecule has 4 aromatic heterocycles. The van der Waals surface area contributed by atoms with E-state index in [1.807, 2.05) is 17.4 Å². The second-order valence-corrected chi connectivity index (χ2v) is 18.6. The highest BCUT2D eigenvalue weighted by atomic mass is 32.1. The zero-order chi connectivity index (χ0) is 43.0. The number of nitrogens with zero attached hydrogens (tertiary/aromatic N) is 2. The number of rotatable bonds is 4. The number of furan rings is 1. The van der Waals surface area contributed by atoms with Gasteiger partial charge >= 0.3 is 0 Å². The maximum atomic E-state index is 6.59. The summed E-state index contributed by atoms with van der Waals surface area (Å²) < 4.78 is 14.2. The van der Waals surface area contributed by atoms with Crippen molar-refractivity contribution in [3.63, 3.8) is 0 Å². The molecule has 66 heavy (non-hydrogen) atoms. The third-order valence-electron chi connectivity index (χ3n) is 14.1. The van der Waals surface area contributed by atoms with Crippen molar-refractivity contribution in [1.29, 1.82) is 0 Å². The summed E-state index contributed by atoms with van der Waals surface area (Å²) in [5.74, 6) is 0. The van der Waals surface area contributed by atoms with Crippen molar-refractivity contribution in [2.75, 3.05) is 0 Å². The average Bonchev–Trinajstić information content (AvgIpc) is 4.13. The van der Waals surface area contributed by atoms with Gasteiger partial charge in [0.2, 0.25) is 0 Å². The van der Waals surface area contributed by atoms with Crippen LogP contribution in [-0.4, -0.2) is 9.13 Å². The number of thiophene rings is 1. The van der Waals surface area contributed by atoms with Crippen LogP contribution in [0.15, 0.2) is 223 Å². The molecule has 3 nitrogen and oxygen atoms in total. The van der Waals surface area contributed by atoms with E-state index in [0.29, 0.717) is 0 Å². The number of benzene rings is 11. The van der Waals surface area contributed by atoms with E-state index in [-0.39, 0.29) is 0 Å². The molecule has 15 rings (SSSR count). The predicted molar refractivity (Wildman–Crippen MR) is 281 cm³/mol. The fraction of sp³-hybridized carbons (Fsp3) is 0. The molecule has 0 radical (unpaired) electrons. The maximum Gasteiger partial charge on any atom is 0.143 e.